The average Bonchev–Trinajstić information content (AvgIpc) is 3.75. The van der Waals surface area contributed by atoms with Gasteiger partial charge in [-0.2, -0.15) is 5.10 Å². The fourth-order valence-electron chi connectivity index (χ4n) is 4.59. The van der Waals surface area contributed by atoms with E-state index in [1.807, 2.05) is 73.1 Å². The summed E-state index contributed by atoms with van der Waals surface area (Å²) < 4.78 is 13.0. The third-order valence-electron chi connectivity index (χ3n) is 6.66. The first-order valence-corrected chi connectivity index (χ1v) is 14.8. The molecule has 2 amide bonds. The van der Waals surface area contributed by atoms with Crippen LogP contribution >= 0.6 is 23.1 Å². The van der Waals surface area contributed by atoms with Crippen LogP contribution in [0.3, 0.4) is 0 Å². The summed E-state index contributed by atoms with van der Waals surface area (Å²) >= 11 is 2.87. The number of amides is 2. The molecule has 0 unspecified atom stereocenters. The Labute approximate surface area is 246 Å². The maximum Gasteiger partial charge on any atom is 0.253 e. The van der Waals surface area contributed by atoms with E-state index in [-0.39, 0.29) is 36.6 Å². The molecule has 0 spiro atoms. The Balaban J connectivity index is 1.27. The van der Waals surface area contributed by atoms with Gasteiger partial charge in [-0.1, -0.05) is 60.3 Å². The summed E-state index contributed by atoms with van der Waals surface area (Å²) in [5.41, 5.74) is 2.61. The van der Waals surface area contributed by atoms with Gasteiger partial charge in [-0.3, -0.25) is 9.59 Å². The van der Waals surface area contributed by atoms with Gasteiger partial charge in [0.1, 0.15) is 0 Å². The fraction of sp³-hybridized carbons (Fsp3) is 0.276. The number of benzene rings is 2. The van der Waals surface area contributed by atoms with Crippen molar-refractivity contribution in [1.29, 1.82) is 0 Å². The zero-order valence-corrected chi connectivity index (χ0v) is 24.6. The first kappa shape index (κ1) is 28.4. The molecule has 12 heteroatoms. The first-order valence-electron chi connectivity index (χ1n) is 12.9. The van der Waals surface area contributed by atoms with Gasteiger partial charge in [0.25, 0.3) is 5.91 Å². The van der Waals surface area contributed by atoms with Crippen LogP contribution in [0.25, 0.3) is 0 Å². The molecule has 2 aromatic heterocycles. The molecule has 1 aliphatic heterocycles. The van der Waals surface area contributed by atoms with E-state index in [1.54, 1.807) is 35.1 Å². The van der Waals surface area contributed by atoms with Crippen molar-refractivity contribution in [3.05, 3.63) is 87.9 Å². The van der Waals surface area contributed by atoms with Crippen LogP contribution in [-0.4, -0.2) is 57.3 Å². The number of thioether (sulfide) groups is 1. The van der Waals surface area contributed by atoms with Crippen molar-refractivity contribution in [2.45, 2.75) is 30.6 Å². The summed E-state index contributed by atoms with van der Waals surface area (Å²) in [6.07, 6.45) is 0.842. The summed E-state index contributed by atoms with van der Waals surface area (Å²) in [6.45, 7) is 0.238. The van der Waals surface area contributed by atoms with Crippen LogP contribution in [-0.2, 0) is 29.6 Å². The van der Waals surface area contributed by atoms with Crippen LogP contribution in [0.4, 0.5) is 0 Å². The SMILES string of the molecule is COc1cccc([C@H]2CC(c3cccs3)=NN2C(=O)CSc2nnc(CNC(=O)Cc3ccccc3)n2C)c1OC. The third kappa shape index (κ3) is 6.44. The second kappa shape index (κ2) is 13.0. The maximum absolute atomic E-state index is 13.6. The van der Waals surface area contributed by atoms with Gasteiger partial charge in [0.2, 0.25) is 5.91 Å². The Morgan fingerprint density at radius 3 is 2.61 bits per heavy atom. The molecule has 0 bridgehead atoms. The monoisotopic (exact) mass is 590 g/mol. The minimum absolute atomic E-state index is 0.101. The minimum atomic E-state index is -0.347. The summed E-state index contributed by atoms with van der Waals surface area (Å²) in [7, 11) is 5.00. The highest BCUT2D eigenvalue weighted by Crippen LogP contribution is 2.42. The van der Waals surface area contributed by atoms with Gasteiger partial charge in [0.15, 0.2) is 22.5 Å². The van der Waals surface area contributed by atoms with Crippen molar-refractivity contribution in [3.63, 3.8) is 0 Å². The second-order valence-corrected chi connectivity index (χ2v) is 11.1. The number of hydrogen-bond acceptors (Lipinski definition) is 9. The van der Waals surface area contributed by atoms with E-state index in [0.717, 1.165) is 21.7 Å². The number of hydrogen-bond donors (Lipinski definition) is 1. The van der Waals surface area contributed by atoms with Crippen LogP contribution in [0.2, 0.25) is 0 Å². The first-order chi connectivity index (χ1) is 20.0. The number of thiophene rings is 1. The van der Waals surface area contributed by atoms with Crippen LogP contribution in [0.1, 0.15) is 34.3 Å². The minimum Gasteiger partial charge on any atom is -0.493 e. The molecule has 3 heterocycles. The van der Waals surface area contributed by atoms with Gasteiger partial charge in [0.05, 0.1) is 49.6 Å². The van der Waals surface area contributed by atoms with E-state index < -0.39 is 0 Å². The van der Waals surface area contributed by atoms with E-state index >= 15 is 0 Å². The molecule has 0 fully saturated rings. The predicted molar refractivity (Wildman–Crippen MR) is 158 cm³/mol. The van der Waals surface area contributed by atoms with Crippen molar-refractivity contribution in [1.82, 2.24) is 25.1 Å². The smallest absolute Gasteiger partial charge is 0.253 e. The number of hydrazone groups is 1. The van der Waals surface area contributed by atoms with Crippen molar-refractivity contribution in [3.8, 4) is 11.5 Å². The van der Waals surface area contributed by atoms with Gasteiger partial charge in [-0.15, -0.1) is 21.5 Å². The molecule has 2 aromatic carbocycles. The van der Waals surface area contributed by atoms with Crippen LogP contribution < -0.4 is 14.8 Å². The maximum atomic E-state index is 13.6. The number of carbonyl (C=O) groups excluding carboxylic acids is 2. The lowest BCUT2D eigenvalue weighted by molar-refractivity contribution is -0.130. The topological polar surface area (TPSA) is 111 Å². The summed E-state index contributed by atoms with van der Waals surface area (Å²) in [5.74, 6) is 1.61. The van der Waals surface area contributed by atoms with E-state index in [9.17, 15) is 9.59 Å². The number of nitrogens with zero attached hydrogens (tertiary/aromatic N) is 5. The number of methoxy groups -OCH3 is 2. The van der Waals surface area contributed by atoms with Crippen LogP contribution in [0, 0.1) is 0 Å². The molecule has 0 radical (unpaired) electrons. The van der Waals surface area contributed by atoms with Gasteiger partial charge in [0, 0.05) is 19.0 Å². The fourth-order valence-corrected chi connectivity index (χ4v) is 6.09. The number of rotatable bonds is 11. The molecule has 10 nitrogen and oxygen atoms in total. The van der Waals surface area contributed by atoms with Gasteiger partial charge in [-0.25, -0.2) is 5.01 Å². The van der Waals surface area contributed by atoms with E-state index in [0.29, 0.717) is 28.9 Å². The molecule has 5 rings (SSSR count). The molecule has 1 atom stereocenters. The second-order valence-electron chi connectivity index (χ2n) is 9.25. The molecule has 0 saturated heterocycles. The average molecular weight is 591 g/mol. The highest BCUT2D eigenvalue weighted by molar-refractivity contribution is 7.99. The summed E-state index contributed by atoms with van der Waals surface area (Å²) in [5, 5.41) is 20.2. The Morgan fingerprint density at radius 1 is 1.05 bits per heavy atom. The van der Waals surface area contributed by atoms with Crippen LogP contribution in [0.15, 0.2) is 76.3 Å². The molecule has 0 aliphatic carbocycles. The predicted octanol–water partition coefficient (Wildman–Crippen LogP) is 4.22. The van der Waals surface area contributed by atoms with E-state index in [1.165, 1.54) is 11.8 Å². The highest BCUT2D eigenvalue weighted by atomic mass is 32.2. The lowest BCUT2D eigenvalue weighted by Crippen LogP contribution is -2.29. The normalized spacial score (nSPS) is 14.6. The quantitative estimate of drug-likeness (QED) is 0.261. The zero-order valence-electron chi connectivity index (χ0n) is 22.9. The van der Waals surface area contributed by atoms with E-state index in [4.69, 9.17) is 14.6 Å². The molecule has 41 heavy (non-hydrogen) atoms. The van der Waals surface area contributed by atoms with Crippen molar-refractivity contribution in [2.24, 2.45) is 12.1 Å². The molecular formula is C29H30N6O4S2. The standard InChI is InChI=1S/C29H30N6O4S2/c1-34-25(17-30-26(36)15-19-9-5-4-6-10-19)31-32-29(34)41-18-27(37)35-22(16-21(33-35)24-13-8-14-40-24)20-11-7-12-23(38-2)28(20)39-3/h4-14,22H,15-18H2,1-3H3,(H,30,36)/t22-/m1/s1. The lowest BCUT2D eigenvalue weighted by Gasteiger charge is -2.24. The Morgan fingerprint density at radius 2 is 1.88 bits per heavy atom. The summed E-state index contributed by atoms with van der Waals surface area (Å²) in [6, 6.07) is 18.8. The van der Waals surface area contributed by atoms with Gasteiger partial charge >= 0.3 is 0 Å². The number of para-hydroxylation sites is 1. The third-order valence-corrected chi connectivity index (χ3v) is 8.59. The zero-order chi connectivity index (χ0) is 28.8. The number of aromatic nitrogens is 3. The highest BCUT2D eigenvalue weighted by Gasteiger charge is 2.36. The lowest BCUT2D eigenvalue weighted by atomic mass is 9.99. The Hall–Kier alpha value is -4.16. The number of carbonyl (C=O) groups is 2. The molecule has 4 aromatic rings. The van der Waals surface area contributed by atoms with Crippen molar-refractivity contribution >= 4 is 40.6 Å². The molecule has 1 N–H and O–H groups in total. The van der Waals surface area contributed by atoms with Gasteiger partial charge in [-0.05, 0) is 23.1 Å². The number of ether oxygens (including phenoxy) is 2. The Bertz CT molecular complexity index is 1540. The largest absolute Gasteiger partial charge is 0.493 e. The van der Waals surface area contributed by atoms with Crippen molar-refractivity contribution in [2.75, 3.05) is 20.0 Å². The number of nitrogens with one attached hydrogen (secondary N) is 1. The Kier molecular flexibility index (Phi) is 9.00. The molecule has 212 valence electrons. The van der Waals surface area contributed by atoms with E-state index in [2.05, 4.69) is 15.5 Å². The summed E-state index contributed by atoms with van der Waals surface area (Å²) in [4.78, 5) is 27.0. The van der Waals surface area contributed by atoms with Crippen molar-refractivity contribution < 1.29 is 19.1 Å². The molecule has 1 aliphatic rings. The van der Waals surface area contributed by atoms with Crippen LogP contribution in [0.5, 0.6) is 11.5 Å². The van der Waals surface area contributed by atoms with Gasteiger partial charge < -0.3 is 19.4 Å². The molecular weight excluding hydrogens is 560 g/mol. The molecule has 0 saturated carbocycles.